The van der Waals surface area contributed by atoms with Gasteiger partial charge in [-0.15, -0.1) is 0 Å². The van der Waals surface area contributed by atoms with Gasteiger partial charge in [0, 0.05) is 23.8 Å². The van der Waals surface area contributed by atoms with Crippen LogP contribution in [0.3, 0.4) is 0 Å². The molecule has 0 spiro atoms. The molecule has 0 bridgehead atoms. The third-order valence-corrected chi connectivity index (χ3v) is 4.99. The molecule has 0 amide bonds. The zero-order valence-electron chi connectivity index (χ0n) is 15.1. The van der Waals surface area contributed by atoms with Crippen LogP contribution in [0, 0.1) is 6.92 Å². The molecule has 0 saturated carbocycles. The molecule has 8 heteroatoms. The van der Waals surface area contributed by atoms with E-state index in [2.05, 4.69) is 39.1 Å². The van der Waals surface area contributed by atoms with Crippen molar-refractivity contribution in [1.29, 1.82) is 0 Å². The average Bonchev–Trinajstić information content (AvgIpc) is 2.97. The van der Waals surface area contributed by atoms with Gasteiger partial charge in [-0.25, -0.2) is 23.4 Å². The van der Waals surface area contributed by atoms with Gasteiger partial charge in [0.25, 0.3) is 0 Å². The molecule has 0 aliphatic carbocycles. The maximum absolute atomic E-state index is 11.5. The van der Waals surface area contributed by atoms with Gasteiger partial charge in [-0.2, -0.15) is 0 Å². The summed E-state index contributed by atoms with van der Waals surface area (Å²) in [4.78, 5) is 16.9. The molecule has 0 aliphatic heterocycles. The minimum atomic E-state index is -3.22. The molecule has 3 aromatic rings. The average molecular weight is 371 g/mol. The number of rotatable bonds is 5. The molecule has 3 rings (SSSR count). The summed E-state index contributed by atoms with van der Waals surface area (Å²) in [5, 5.41) is 3.09. The number of aromatic amines is 1. The third-order valence-electron chi connectivity index (χ3n) is 3.86. The number of aromatic nitrogens is 4. The Morgan fingerprint density at radius 3 is 2.38 bits per heavy atom. The minimum Gasteiger partial charge on any atom is -0.345 e. The van der Waals surface area contributed by atoms with Gasteiger partial charge in [0.05, 0.1) is 10.6 Å². The van der Waals surface area contributed by atoms with Crippen molar-refractivity contribution in [3.63, 3.8) is 0 Å². The highest BCUT2D eigenvalue weighted by Crippen LogP contribution is 2.26. The Balaban J connectivity index is 1.89. The lowest BCUT2D eigenvalue weighted by Gasteiger charge is -2.08. The molecule has 0 fully saturated rings. The Hall–Kier alpha value is -2.74. The van der Waals surface area contributed by atoms with Gasteiger partial charge in [0.2, 0.25) is 5.95 Å². The van der Waals surface area contributed by atoms with Crippen molar-refractivity contribution in [3.8, 4) is 11.4 Å². The summed E-state index contributed by atoms with van der Waals surface area (Å²) in [6, 6.07) is 8.29. The molecule has 26 heavy (non-hydrogen) atoms. The van der Waals surface area contributed by atoms with E-state index < -0.39 is 9.84 Å². The summed E-state index contributed by atoms with van der Waals surface area (Å²) in [6.45, 7) is 6.11. The number of nitrogens with one attached hydrogen (secondary N) is 2. The minimum absolute atomic E-state index is 0.270. The van der Waals surface area contributed by atoms with Crippen LogP contribution < -0.4 is 5.32 Å². The SMILES string of the molecule is Cc1nc(-c2ccnc(Nc3ccc(S(C)(=O)=O)cc3)n2)c(C(C)C)[nH]1. The van der Waals surface area contributed by atoms with Gasteiger partial charge in [-0.3, -0.25) is 0 Å². The Morgan fingerprint density at radius 1 is 1.08 bits per heavy atom. The number of hydrogen-bond donors (Lipinski definition) is 2. The highest BCUT2D eigenvalue weighted by molar-refractivity contribution is 7.90. The summed E-state index contributed by atoms with van der Waals surface area (Å²) >= 11 is 0. The fourth-order valence-corrected chi connectivity index (χ4v) is 3.22. The van der Waals surface area contributed by atoms with Crippen LogP contribution in [0.1, 0.15) is 31.3 Å². The van der Waals surface area contributed by atoms with Gasteiger partial charge < -0.3 is 10.3 Å². The molecule has 1 aromatic carbocycles. The smallest absolute Gasteiger partial charge is 0.227 e. The molecule has 2 aromatic heterocycles. The third kappa shape index (κ3) is 3.91. The van der Waals surface area contributed by atoms with Crippen molar-refractivity contribution in [3.05, 3.63) is 48.0 Å². The Bertz CT molecular complexity index is 1020. The van der Waals surface area contributed by atoms with E-state index in [1.165, 1.54) is 6.26 Å². The van der Waals surface area contributed by atoms with E-state index in [0.29, 0.717) is 17.6 Å². The van der Waals surface area contributed by atoms with Crippen molar-refractivity contribution in [2.45, 2.75) is 31.6 Å². The highest BCUT2D eigenvalue weighted by Gasteiger charge is 2.15. The number of benzene rings is 1. The van der Waals surface area contributed by atoms with Crippen LogP contribution in [0.4, 0.5) is 11.6 Å². The first-order valence-electron chi connectivity index (χ1n) is 8.21. The number of H-pyrrole nitrogens is 1. The van der Waals surface area contributed by atoms with Gasteiger partial charge in [0.1, 0.15) is 11.5 Å². The summed E-state index contributed by atoms with van der Waals surface area (Å²) in [5.41, 5.74) is 3.28. The second kappa shape index (κ2) is 6.87. The van der Waals surface area contributed by atoms with E-state index in [9.17, 15) is 8.42 Å². The molecule has 2 heterocycles. The van der Waals surface area contributed by atoms with E-state index in [4.69, 9.17) is 0 Å². The molecular weight excluding hydrogens is 350 g/mol. The molecule has 0 atom stereocenters. The number of sulfone groups is 1. The monoisotopic (exact) mass is 371 g/mol. The van der Waals surface area contributed by atoms with E-state index >= 15 is 0 Å². The van der Waals surface area contributed by atoms with Gasteiger partial charge >= 0.3 is 0 Å². The molecule has 136 valence electrons. The predicted octanol–water partition coefficient (Wildman–Crippen LogP) is 3.45. The van der Waals surface area contributed by atoms with Crippen LogP contribution in [-0.2, 0) is 9.84 Å². The summed E-state index contributed by atoms with van der Waals surface area (Å²) in [6.07, 6.45) is 2.85. The maximum Gasteiger partial charge on any atom is 0.227 e. The number of anilines is 2. The van der Waals surface area contributed by atoms with E-state index in [1.807, 2.05) is 13.0 Å². The molecule has 7 nitrogen and oxygen atoms in total. The summed E-state index contributed by atoms with van der Waals surface area (Å²) in [5.74, 6) is 1.55. The topological polar surface area (TPSA) is 101 Å². The van der Waals surface area contributed by atoms with Crippen molar-refractivity contribution < 1.29 is 8.42 Å². The largest absolute Gasteiger partial charge is 0.345 e. The quantitative estimate of drug-likeness (QED) is 0.712. The fraction of sp³-hybridized carbons (Fsp3) is 0.278. The lowest BCUT2D eigenvalue weighted by atomic mass is 10.1. The number of hydrogen-bond acceptors (Lipinski definition) is 6. The van der Waals surface area contributed by atoms with Crippen molar-refractivity contribution in [1.82, 2.24) is 19.9 Å². The van der Waals surface area contributed by atoms with Crippen molar-refractivity contribution >= 4 is 21.5 Å². The van der Waals surface area contributed by atoms with Gasteiger partial charge in [0.15, 0.2) is 9.84 Å². The van der Waals surface area contributed by atoms with Crippen LogP contribution in [-0.4, -0.2) is 34.6 Å². The zero-order chi connectivity index (χ0) is 18.9. The summed E-state index contributed by atoms with van der Waals surface area (Å²) < 4.78 is 23.1. The lowest BCUT2D eigenvalue weighted by molar-refractivity contribution is 0.602. The van der Waals surface area contributed by atoms with Crippen molar-refractivity contribution in [2.75, 3.05) is 11.6 Å². The number of aryl methyl sites for hydroxylation is 1. The first-order valence-corrected chi connectivity index (χ1v) is 10.1. The maximum atomic E-state index is 11.5. The Kier molecular flexibility index (Phi) is 4.78. The van der Waals surface area contributed by atoms with Crippen LogP contribution in [0.5, 0.6) is 0 Å². The first kappa shape index (κ1) is 18.1. The second-order valence-corrected chi connectivity index (χ2v) is 8.44. The second-order valence-electron chi connectivity index (χ2n) is 6.43. The van der Waals surface area contributed by atoms with Crippen LogP contribution in [0.2, 0.25) is 0 Å². The van der Waals surface area contributed by atoms with E-state index in [0.717, 1.165) is 22.9 Å². The molecule has 0 aliphatic rings. The van der Waals surface area contributed by atoms with Gasteiger partial charge in [-0.05, 0) is 43.2 Å². The Labute approximate surface area is 152 Å². The zero-order valence-corrected chi connectivity index (χ0v) is 15.9. The van der Waals surface area contributed by atoms with Crippen molar-refractivity contribution in [2.24, 2.45) is 0 Å². The molecule has 2 N–H and O–H groups in total. The fourth-order valence-electron chi connectivity index (χ4n) is 2.59. The van der Waals surface area contributed by atoms with E-state index in [-0.39, 0.29) is 4.90 Å². The number of nitrogens with zero attached hydrogens (tertiary/aromatic N) is 3. The van der Waals surface area contributed by atoms with E-state index in [1.54, 1.807) is 30.5 Å². The normalized spacial score (nSPS) is 11.7. The molecule has 0 radical (unpaired) electrons. The lowest BCUT2D eigenvalue weighted by Crippen LogP contribution is -2.01. The molecule has 0 saturated heterocycles. The highest BCUT2D eigenvalue weighted by atomic mass is 32.2. The molecule has 0 unspecified atom stereocenters. The van der Waals surface area contributed by atoms with Crippen LogP contribution >= 0.6 is 0 Å². The number of imidazole rings is 1. The Morgan fingerprint density at radius 2 is 1.77 bits per heavy atom. The first-order chi connectivity index (χ1) is 12.2. The van der Waals surface area contributed by atoms with Gasteiger partial charge in [-0.1, -0.05) is 13.8 Å². The summed E-state index contributed by atoms with van der Waals surface area (Å²) in [7, 11) is -3.22. The standard InChI is InChI=1S/C18H21N5O2S/c1-11(2)16-17(21-12(3)20-16)15-9-10-19-18(23-15)22-13-5-7-14(8-6-13)26(4,24)25/h5-11H,1-4H3,(H,20,21)(H,19,22,23). The van der Waals surface area contributed by atoms with Crippen LogP contribution in [0.15, 0.2) is 41.4 Å². The predicted molar refractivity (Wildman–Crippen MR) is 101 cm³/mol. The van der Waals surface area contributed by atoms with Crippen LogP contribution in [0.25, 0.3) is 11.4 Å². The molecular formula is C18H21N5O2S.